The summed E-state index contributed by atoms with van der Waals surface area (Å²) in [5.41, 5.74) is 16.3. The zero-order chi connectivity index (χ0) is 34.1. The summed E-state index contributed by atoms with van der Waals surface area (Å²) < 4.78 is 2.30. The van der Waals surface area contributed by atoms with Gasteiger partial charge in [-0.15, -0.1) is 0 Å². The molecule has 0 saturated heterocycles. The second-order valence-corrected chi connectivity index (χ2v) is 13.4. The van der Waals surface area contributed by atoms with Gasteiger partial charge in [-0.3, -0.25) is 0 Å². The molecule has 0 fully saturated rings. The van der Waals surface area contributed by atoms with Crippen molar-refractivity contribution in [3.8, 4) is 67.8 Å². The van der Waals surface area contributed by atoms with E-state index in [1.165, 1.54) is 33.4 Å². The summed E-state index contributed by atoms with van der Waals surface area (Å²) in [6.45, 7) is 0. The van der Waals surface area contributed by atoms with Crippen LogP contribution >= 0.6 is 0 Å². The van der Waals surface area contributed by atoms with Crippen LogP contribution in [0.2, 0.25) is 0 Å². The van der Waals surface area contributed by atoms with Crippen LogP contribution in [-0.4, -0.2) is 19.5 Å². The lowest BCUT2D eigenvalue weighted by Crippen LogP contribution is -2.04. The summed E-state index contributed by atoms with van der Waals surface area (Å²) >= 11 is 0. The molecular formula is C47H38N4. The first-order valence-electron chi connectivity index (χ1n) is 17.8. The van der Waals surface area contributed by atoms with Crippen LogP contribution in [0.3, 0.4) is 0 Å². The van der Waals surface area contributed by atoms with E-state index in [9.17, 15) is 0 Å². The fourth-order valence-corrected chi connectivity index (χ4v) is 7.56. The normalized spacial score (nSPS) is 12.5. The summed E-state index contributed by atoms with van der Waals surface area (Å²) in [7, 11) is 2.17. The van der Waals surface area contributed by atoms with Gasteiger partial charge in [-0.25, -0.2) is 9.97 Å². The fourth-order valence-electron chi connectivity index (χ4n) is 7.56. The lowest BCUT2D eigenvalue weighted by molar-refractivity contribution is 0.902. The van der Waals surface area contributed by atoms with Gasteiger partial charge in [-0.05, 0) is 60.1 Å². The molecule has 0 aliphatic heterocycles. The van der Waals surface area contributed by atoms with Crippen molar-refractivity contribution in [2.24, 2.45) is 7.05 Å². The van der Waals surface area contributed by atoms with Crippen LogP contribution in [0.25, 0.3) is 67.8 Å². The minimum atomic E-state index is 0.880. The first-order chi connectivity index (χ1) is 25.2. The molecule has 12 rings (SSSR count). The molecule has 0 atom stereocenters. The van der Waals surface area contributed by atoms with Crippen LogP contribution in [0.5, 0.6) is 0 Å². The van der Waals surface area contributed by atoms with Gasteiger partial charge >= 0.3 is 0 Å². The molecule has 2 aromatic heterocycles. The molecule has 4 bridgehead atoms. The molecule has 4 heteroatoms. The smallest absolute Gasteiger partial charge is 0.141 e. The van der Waals surface area contributed by atoms with E-state index in [4.69, 9.17) is 9.97 Å². The van der Waals surface area contributed by atoms with Gasteiger partial charge in [0.25, 0.3) is 0 Å². The topological polar surface area (TPSA) is 46.5 Å². The number of nitrogens with one attached hydrogen (secondary N) is 1. The largest absolute Gasteiger partial charge is 0.337 e. The second-order valence-electron chi connectivity index (χ2n) is 13.4. The van der Waals surface area contributed by atoms with E-state index in [2.05, 4.69) is 174 Å². The predicted molar refractivity (Wildman–Crippen MR) is 209 cm³/mol. The average molecular weight is 659 g/mol. The highest BCUT2D eigenvalue weighted by molar-refractivity contribution is 5.84. The number of aromatic amines is 1. The average Bonchev–Trinajstić information content (AvgIpc) is 3.79. The van der Waals surface area contributed by atoms with Crippen LogP contribution in [-0.2, 0) is 32.7 Å². The Morgan fingerprint density at radius 1 is 0.471 bits per heavy atom. The number of aryl methyl sites for hydroxylation is 4. The lowest BCUT2D eigenvalue weighted by Gasteiger charge is -2.17. The van der Waals surface area contributed by atoms with Gasteiger partial charge < -0.3 is 9.55 Å². The van der Waals surface area contributed by atoms with Crippen LogP contribution in [0, 0.1) is 0 Å². The predicted octanol–water partition coefficient (Wildman–Crippen LogP) is 11.0. The van der Waals surface area contributed by atoms with Crippen molar-refractivity contribution in [1.82, 2.24) is 19.5 Å². The third-order valence-corrected chi connectivity index (χ3v) is 10.2. The quantitative estimate of drug-likeness (QED) is 0.193. The summed E-state index contributed by atoms with van der Waals surface area (Å²) in [4.78, 5) is 14.5. The maximum Gasteiger partial charge on any atom is 0.141 e. The maximum atomic E-state index is 5.42. The van der Waals surface area contributed by atoms with Crippen LogP contribution in [0.15, 0.2) is 158 Å². The fraction of sp³-hybridized carbons (Fsp3) is 0.106. The molecule has 4 aliphatic rings. The molecule has 51 heavy (non-hydrogen) atoms. The van der Waals surface area contributed by atoms with E-state index in [1.807, 2.05) is 0 Å². The van der Waals surface area contributed by atoms with E-state index >= 15 is 0 Å². The van der Waals surface area contributed by atoms with E-state index in [1.54, 1.807) is 0 Å². The molecule has 0 unspecified atom stereocenters. The zero-order valence-corrected chi connectivity index (χ0v) is 28.7. The van der Waals surface area contributed by atoms with Gasteiger partial charge in [-0.1, -0.05) is 146 Å². The standard InChI is InChI=1S/C47H38N4/c1-51-45(39-20-12-5-13-21-39)44(38-18-10-4-11-19-38)50-47(51)41-31-33-23-22-32-24-26-34(28-29-35(41)27-25-33)40(30-32)46-48-42(36-14-6-2-7-15-36)43(49-46)37-16-8-3-9-17-37/h2-21,24-27,30-31H,22-23,28-29H2,1H3,(H,48,49). The van der Waals surface area contributed by atoms with E-state index in [0.717, 1.165) is 82.4 Å². The summed E-state index contributed by atoms with van der Waals surface area (Å²) in [5.74, 6) is 1.92. The number of hydrogen-bond donors (Lipinski definition) is 1. The highest BCUT2D eigenvalue weighted by Crippen LogP contribution is 2.39. The van der Waals surface area contributed by atoms with E-state index < -0.39 is 0 Å². The number of imidazole rings is 2. The SMILES string of the molecule is Cn1c(-c2cc3ccc2CCc2ccc(cc2-c2nc(-c4ccccc4)c(-c4ccccc4)[nH]2)CC3)nc(-c2ccccc2)c1-c1ccccc1. The summed E-state index contributed by atoms with van der Waals surface area (Å²) in [6, 6.07) is 56.3. The Morgan fingerprint density at radius 3 is 1.55 bits per heavy atom. The second kappa shape index (κ2) is 13.2. The van der Waals surface area contributed by atoms with Crippen molar-refractivity contribution < 1.29 is 0 Å². The molecule has 0 spiro atoms. The van der Waals surface area contributed by atoms with Gasteiger partial charge in [0.1, 0.15) is 11.6 Å². The molecule has 6 aromatic carbocycles. The molecule has 0 radical (unpaired) electrons. The van der Waals surface area contributed by atoms with Crippen LogP contribution < -0.4 is 0 Å². The third kappa shape index (κ3) is 5.89. The number of benzene rings is 6. The lowest BCUT2D eigenvalue weighted by atomic mass is 9.90. The number of hydrogen-bond acceptors (Lipinski definition) is 2. The molecule has 2 heterocycles. The zero-order valence-electron chi connectivity index (χ0n) is 28.7. The Balaban J connectivity index is 1.14. The highest BCUT2D eigenvalue weighted by atomic mass is 15.1. The molecule has 0 saturated carbocycles. The van der Waals surface area contributed by atoms with Gasteiger partial charge in [0.15, 0.2) is 0 Å². The molecule has 4 nitrogen and oxygen atoms in total. The minimum absolute atomic E-state index is 0.880. The Hall–Kier alpha value is -6.26. The molecule has 246 valence electrons. The van der Waals surface area contributed by atoms with Crippen molar-refractivity contribution in [3.63, 3.8) is 0 Å². The number of nitrogens with zero attached hydrogens (tertiary/aromatic N) is 3. The monoisotopic (exact) mass is 658 g/mol. The Labute approximate surface area is 299 Å². The van der Waals surface area contributed by atoms with Gasteiger partial charge in [0.05, 0.1) is 22.8 Å². The first kappa shape index (κ1) is 30.8. The summed E-state index contributed by atoms with van der Waals surface area (Å²) in [6.07, 6.45) is 3.64. The molecule has 8 aromatic rings. The van der Waals surface area contributed by atoms with Crippen molar-refractivity contribution in [2.75, 3.05) is 0 Å². The minimum Gasteiger partial charge on any atom is -0.337 e. The van der Waals surface area contributed by atoms with Crippen LogP contribution in [0.4, 0.5) is 0 Å². The Bertz CT molecular complexity index is 2400. The molecule has 4 aliphatic carbocycles. The Kier molecular flexibility index (Phi) is 7.98. The van der Waals surface area contributed by atoms with Crippen molar-refractivity contribution in [2.45, 2.75) is 25.7 Å². The van der Waals surface area contributed by atoms with E-state index in [-0.39, 0.29) is 0 Å². The number of aromatic nitrogens is 4. The Morgan fingerprint density at radius 2 is 0.961 bits per heavy atom. The first-order valence-corrected chi connectivity index (χ1v) is 17.8. The van der Waals surface area contributed by atoms with Crippen LogP contribution in [0.1, 0.15) is 22.3 Å². The molecular weight excluding hydrogens is 621 g/mol. The van der Waals surface area contributed by atoms with Crippen molar-refractivity contribution >= 4 is 0 Å². The number of H-pyrrole nitrogens is 1. The van der Waals surface area contributed by atoms with E-state index in [0.29, 0.717) is 0 Å². The number of rotatable bonds is 6. The molecule has 1 N–H and O–H groups in total. The van der Waals surface area contributed by atoms with Gasteiger partial charge in [0, 0.05) is 40.4 Å². The van der Waals surface area contributed by atoms with Gasteiger partial charge in [0.2, 0.25) is 0 Å². The molecule has 0 amide bonds. The summed E-state index contributed by atoms with van der Waals surface area (Å²) in [5, 5.41) is 0. The van der Waals surface area contributed by atoms with Crippen molar-refractivity contribution in [3.05, 3.63) is 180 Å². The van der Waals surface area contributed by atoms with Gasteiger partial charge in [-0.2, -0.15) is 0 Å². The third-order valence-electron chi connectivity index (χ3n) is 10.2. The van der Waals surface area contributed by atoms with Crippen molar-refractivity contribution in [1.29, 1.82) is 0 Å². The maximum absolute atomic E-state index is 5.42. The highest BCUT2D eigenvalue weighted by Gasteiger charge is 2.23.